The molecule has 1 saturated heterocycles. The molecule has 0 spiro atoms. The number of amides is 2. The second-order valence-corrected chi connectivity index (χ2v) is 8.02. The Balaban J connectivity index is 2.07. The van der Waals surface area contributed by atoms with Gasteiger partial charge in [0.1, 0.15) is 11.8 Å². The van der Waals surface area contributed by atoms with Gasteiger partial charge in [-0.15, -0.1) is 0 Å². The largest absolute Gasteiger partial charge is 0.417 e. The van der Waals surface area contributed by atoms with E-state index in [4.69, 9.17) is 10.5 Å². The summed E-state index contributed by atoms with van der Waals surface area (Å²) in [6.07, 6.45) is -5.35. The first-order chi connectivity index (χ1) is 15.3. The number of nitrogens with one attached hydrogen (secondary N) is 1. The van der Waals surface area contributed by atoms with E-state index in [1.54, 1.807) is 0 Å². The molecule has 1 unspecified atom stereocenters. The Labute approximate surface area is 186 Å². The third-order valence-electron chi connectivity index (χ3n) is 6.15. The van der Waals surface area contributed by atoms with E-state index in [9.17, 15) is 31.5 Å². The Bertz CT molecular complexity index is 1090. The van der Waals surface area contributed by atoms with Gasteiger partial charge in [0.05, 0.1) is 0 Å². The van der Waals surface area contributed by atoms with Crippen LogP contribution in [-0.4, -0.2) is 34.7 Å². The maximum atomic E-state index is 14.5. The summed E-state index contributed by atoms with van der Waals surface area (Å²) in [6.45, 7) is 3.60. The number of halogens is 5. The van der Waals surface area contributed by atoms with Crippen LogP contribution in [0.4, 0.5) is 27.6 Å². The van der Waals surface area contributed by atoms with Crippen molar-refractivity contribution in [3.8, 4) is 0 Å². The number of aromatic nitrogens is 1. The summed E-state index contributed by atoms with van der Waals surface area (Å²) < 4.78 is 75.5. The zero-order chi connectivity index (χ0) is 24.7. The topological polar surface area (TPSA) is 94.3 Å². The average molecular weight is 471 g/mol. The Morgan fingerprint density at radius 2 is 1.91 bits per heavy atom. The van der Waals surface area contributed by atoms with Gasteiger partial charge in [-0.05, 0) is 42.7 Å². The van der Waals surface area contributed by atoms with Crippen LogP contribution >= 0.6 is 0 Å². The molecule has 2 heterocycles. The molecule has 6 nitrogen and oxygen atoms in total. The van der Waals surface area contributed by atoms with Crippen LogP contribution in [0.1, 0.15) is 48.3 Å². The lowest BCUT2D eigenvalue weighted by molar-refractivity contribution is -0.272. The highest BCUT2D eigenvalue weighted by Crippen LogP contribution is 2.54. The number of nitrogens with two attached hydrogens (primary N) is 1. The molecule has 0 saturated carbocycles. The fourth-order valence-corrected chi connectivity index (χ4v) is 4.16. The molecule has 0 bridgehead atoms. The van der Waals surface area contributed by atoms with Crippen molar-refractivity contribution in [1.29, 1.82) is 0 Å². The first-order valence-electron chi connectivity index (χ1n) is 10.1. The molecule has 2 amide bonds. The number of carbonyl (C=O) groups is 2. The molecule has 2 aromatic rings. The maximum Gasteiger partial charge on any atom is 0.417 e. The highest BCUT2D eigenvalue weighted by atomic mass is 19.4. The number of rotatable bonds is 5. The number of nitrogens with zero attached hydrogens (tertiary/aromatic N) is 1. The van der Waals surface area contributed by atoms with E-state index < -0.39 is 53.2 Å². The van der Waals surface area contributed by atoms with E-state index in [1.165, 1.54) is 32.2 Å². The molecule has 3 rings (SSSR count). The number of pyridine rings is 1. The number of alkyl halides is 3. The van der Waals surface area contributed by atoms with Gasteiger partial charge in [-0.3, -0.25) is 14.6 Å². The molecule has 4 atom stereocenters. The molecule has 0 aliphatic carbocycles. The number of benzene rings is 1. The number of anilines is 1. The summed E-state index contributed by atoms with van der Waals surface area (Å²) in [5.74, 6) is -6.69. The zero-order valence-electron chi connectivity index (χ0n) is 18.0. The number of carbonyl (C=O) groups excluding carboxylic acids is 2. The van der Waals surface area contributed by atoms with Crippen molar-refractivity contribution in [2.75, 3.05) is 5.32 Å². The highest BCUT2D eigenvalue weighted by molar-refractivity contribution is 5.97. The highest BCUT2D eigenvalue weighted by Gasteiger charge is 2.65. The third-order valence-corrected chi connectivity index (χ3v) is 6.15. The molecule has 1 aromatic carbocycles. The predicted octanol–water partition coefficient (Wildman–Crippen LogP) is 4.10. The van der Waals surface area contributed by atoms with Crippen LogP contribution in [0.15, 0.2) is 30.5 Å². The van der Waals surface area contributed by atoms with Crippen molar-refractivity contribution in [3.63, 3.8) is 0 Å². The van der Waals surface area contributed by atoms with Gasteiger partial charge in [-0.2, -0.15) is 13.2 Å². The first-order valence-corrected chi connectivity index (χ1v) is 10.1. The van der Waals surface area contributed by atoms with Crippen molar-refractivity contribution in [2.24, 2.45) is 11.7 Å². The number of ether oxygens (including phenoxy) is 1. The summed E-state index contributed by atoms with van der Waals surface area (Å²) in [7, 11) is 0. The minimum absolute atomic E-state index is 0.00839. The lowest BCUT2D eigenvalue weighted by Crippen LogP contribution is -2.47. The Morgan fingerprint density at radius 1 is 1.24 bits per heavy atom. The van der Waals surface area contributed by atoms with Crippen LogP contribution in [0.2, 0.25) is 0 Å². The summed E-state index contributed by atoms with van der Waals surface area (Å²) in [6, 6.07) is 4.47. The molecule has 1 aliphatic heterocycles. The van der Waals surface area contributed by atoms with E-state index in [0.717, 1.165) is 19.1 Å². The van der Waals surface area contributed by atoms with Crippen LogP contribution in [0.3, 0.4) is 0 Å². The van der Waals surface area contributed by atoms with Crippen LogP contribution in [-0.2, 0) is 16.0 Å². The van der Waals surface area contributed by atoms with E-state index >= 15 is 0 Å². The van der Waals surface area contributed by atoms with Crippen molar-refractivity contribution in [2.45, 2.75) is 51.0 Å². The summed E-state index contributed by atoms with van der Waals surface area (Å²) in [4.78, 5) is 28.1. The van der Waals surface area contributed by atoms with Gasteiger partial charge < -0.3 is 15.8 Å². The van der Waals surface area contributed by atoms with E-state index in [-0.39, 0.29) is 28.9 Å². The molecular weight excluding hydrogens is 449 g/mol. The van der Waals surface area contributed by atoms with E-state index in [1.807, 2.05) is 0 Å². The molecular formula is C22H22F5N3O3. The molecule has 1 fully saturated rings. The van der Waals surface area contributed by atoms with Gasteiger partial charge in [0, 0.05) is 23.7 Å². The molecule has 3 N–H and O–H groups in total. The van der Waals surface area contributed by atoms with Gasteiger partial charge in [0.2, 0.25) is 0 Å². The second-order valence-electron chi connectivity index (χ2n) is 8.02. The zero-order valence-corrected chi connectivity index (χ0v) is 18.0. The van der Waals surface area contributed by atoms with Crippen LogP contribution < -0.4 is 11.1 Å². The monoisotopic (exact) mass is 471 g/mol. The fourth-order valence-electron chi connectivity index (χ4n) is 4.16. The molecule has 33 heavy (non-hydrogen) atoms. The number of primary amides is 1. The van der Waals surface area contributed by atoms with Crippen LogP contribution in [0.5, 0.6) is 0 Å². The quantitative estimate of drug-likeness (QED) is 0.642. The third kappa shape index (κ3) is 4.29. The maximum absolute atomic E-state index is 14.5. The smallest absolute Gasteiger partial charge is 0.364 e. The summed E-state index contributed by atoms with van der Waals surface area (Å²) in [5, 5.41) is 2.41. The van der Waals surface area contributed by atoms with Crippen molar-refractivity contribution in [1.82, 2.24) is 4.98 Å². The van der Waals surface area contributed by atoms with Crippen molar-refractivity contribution >= 4 is 17.5 Å². The normalized spacial score (nSPS) is 25.2. The van der Waals surface area contributed by atoms with Gasteiger partial charge in [-0.25, -0.2) is 8.78 Å². The Morgan fingerprint density at radius 3 is 2.48 bits per heavy atom. The molecule has 1 aromatic heterocycles. The van der Waals surface area contributed by atoms with E-state index in [0.29, 0.717) is 0 Å². The number of hydrogen-bond donors (Lipinski definition) is 2. The molecule has 0 radical (unpaired) electrons. The number of hydrogen-bond acceptors (Lipinski definition) is 4. The van der Waals surface area contributed by atoms with Crippen molar-refractivity contribution < 1.29 is 36.3 Å². The molecule has 11 heteroatoms. The lowest BCUT2D eigenvalue weighted by Gasteiger charge is -2.32. The van der Waals surface area contributed by atoms with Gasteiger partial charge >= 0.3 is 6.18 Å². The van der Waals surface area contributed by atoms with Gasteiger partial charge in [0.25, 0.3) is 11.8 Å². The van der Waals surface area contributed by atoms with Gasteiger partial charge in [0.15, 0.2) is 17.2 Å². The second kappa shape index (κ2) is 8.69. The summed E-state index contributed by atoms with van der Waals surface area (Å²) in [5.41, 5.74) is 2.26. The lowest BCUT2D eigenvalue weighted by atomic mass is 9.75. The SMILES string of the molecule is CCc1c([C@H]2[C@@H](C(=O)Nc3ccnc(C(N)=O)c3)OC(C)(C(F)(F)F)[C@@H]2C)ccc(F)c1F. The Hall–Kier alpha value is -3.08. The minimum atomic E-state index is -4.85. The molecule has 178 valence electrons. The Kier molecular flexibility index (Phi) is 6.47. The summed E-state index contributed by atoms with van der Waals surface area (Å²) >= 11 is 0. The minimum Gasteiger partial charge on any atom is -0.364 e. The van der Waals surface area contributed by atoms with Crippen LogP contribution in [0.25, 0.3) is 0 Å². The average Bonchev–Trinajstić information content (AvgIpc) is 3.02. The fraction of sp³-hybridized carbons (Fsp3) is 0.409. The van der Waals surface area contributed by atoms with Gasteiger partial charge in [-0.1, -0.05) is 19.9 Å². The first kappa shape index (κ1) is 24.6. The molecule has 1 aliphatic rings. The van der Waals surface area contributed by atoms with E-state index in [2.05, 4.69) is 10.3 Å². The predicted molar refractivity (Wildman–Crippen MR) is 108 cm³/mol. The standard InChI is InChI=1S/C22H22F5N3O3/c1-4-12-13(5-6-14(23)17(12)24)16-10(2)21(3,22(25,26)27)33-18(16)20(32)30-11-7-8-29-15(9-11)19(28)31/h5-10,16,18H,4H2,1-3H3,(H2,28,31)(H,29,30,32)/t10-,16+,18+,21?/m1/s1. The van der Waals surface area contributed by atoms with Crippen LogP contribution in [0, 0.1) is 17.6 Å². The van der Waals surface area contributed by atoms with Crippen molar-refractivity contribution in [3.05, 3.63) is 58.9 Å².